The topological polar surface area (TPSA) is 32.5 Å². The first-order chi connectivity index (χ1) is 8.72. The number of hydrogen-bond donors (Lipinski definition) is 1. The highest BCUT2D eigenvalue weighted by Crippen LogP contribution is 2.08. The molecule has 0 aromatic rings. The lowest BCUT2D eigenvalue weighted by Crippen LogP contribution is -2.47. The van der Waals surface area contributed by atoms with Gasteiger partial charge in [0, 0.05) is 32.7 Å². The van der Waals surface area contributed by atoms with Gasteiger partial charge in [-0.25, -0.2) is 0 Å². The highest BCUT2D eigenvalue weighted by Gasteiger charge is 2.16. The summed E-state index contributed by atoms with van der Waals surface area (Å²) in [4.78, 5) is 5.25. The van der Waals surface area contributed by atoms with E-state index >= 15 is 0 Å². The summed E-state index contributed by atoms with van der Waals surface area (Å²) in [5.41, 5.74) is 5.49. The first-order valence-electron chi connectivity index (χ1n) is 7.87. The number of hydrogen-bond acceptors (Lipinski definition) is 3. The summed E-state index contributed by atoms with van der Waals surface area (Å²) in [6, 6.07) is 0. The molecule has 0 bridgehead atoms. The molecule has 1 aliphatic rings. The van der Waals surface area contributed by atoms with Crippen LogP contribution in [-0.2, 0) is 0 Å². The molecule has 0 aromatic carbocycles. The Morgan fingerprint density at radius 2 is 1.39 bits per heavy atom. The standard InChI is InChI=1S/C15H33N3/c1-15(2)14-18-12-10-17(11-13-18)9-7-5-3-4-6-8-16/h15H,3-14,16H2,1-2H3. The maximum Gasteiger partial charge on any atom is 0.0110 e. The van der Waals surface area contributed by atoms with Crippen molar-refractivity contribution in [2.24, 2.45) is 11.7 Å². The molecular formula is C15H33N3. The number of unbranched alkanes of at least 4 members (excludes halogenated alkanes) is 4. The number of rotatable bonds is 9. The van der Waals surface area contributed by atoms with E-state index in [1.54, 1.807) is 0 Å². The Balaban J connectivity index is 1.95. The summed E-state index contributed by atoms with van der Waals surface area (Å²) in [5.74, 6) is 0.805. The van der Waals surface area contributed by atoms with E-state index in [4.69, 9.17) is 5.73 Å². The van der Waals surface area contributed by atoms with E-state index in [1.165, 1.54) is 71.4 Å². The monoisotopic (exact) mass is 255 g/mol. The highest BCUT2D eigenvalue weighted by molar-refractivity contribution is 4.72. The molecule has 1 fully saturated rings. The minimum Gasteiger partial charge on any atom is -0.330 e. The van der Waals surface area contributed by atoms with Gasteiger partial charge in [0.25, 0.3) is 0 Å². The molecule has 0 unspecified atom stereocenters. The average molecular weight is 255 g/mol. The summed E-state index contributed by atoms with van der Waals surface area (Å²) in [6.45, 7) is 13.1. The van der Waals surface area contributed by atoms with Crippen molar-refractivity contribution in [1.82, 2.24) is 9.80 Å². The molecule has 0 radical (unpaired) electrons. The predicted octanol–water partition coefficient (Wildman–Crippen LogP) is 2.17. The summed E-state index contributed by atoms with van der Waals surface area (Å²) >= 11 is 0. The summed E-state index contributed by atoms with van der Waals surface area (Å²) in [5, 5.41) is 0. The summed E-state index contributed by atoms with van der Waals surface area (Å²) < 4.78 is 0. The van der Waals surface area contributed by atoms with Crippen LogP contribution in [0.1, 0.15) is 46.0 Å². The Hall–Kier alpha value is -0.120. The van der Waals surface area contributed by atoms with E-state index in [0.717, 1.165) is 12.5 Å². The molecule has 0 aromatic heterocycles. The highest BCUT2D eigenvalue weighted by atomic mass is 15.3. The molecule has 1 heterocycles. The first-order valence-corrected chi connectivity index (χ1v) is 7.87. The lowest BCUT2D eigenvalue weighted by atomic mass is 10.1. The van der Waals surface area contributed by atoms with Gasteiger partial charge in [0.15, 0.2) is 0 Å². The maximum atomic E-state index is 5.49. The quantitative estimate of drug-likeness (QED) is 0.641. The van der Waals surface area contributed by atoms with Crippen LogP contribution in [0.5, 0.6) is 0 Å². The van der Waals surface area contributed by atoms with Gasteiger partial charge < -0.3 is 15.5 Å². The fraction of sp³-hybridized carbons (Fsp3) is 1.00. The molecule has 2 N–H and O–H groups in total. The van der Waals surface area contributed by atoms with E-state index in [1.807, 2.05) is 0 Å². The molecule has 0 aliphatic carbocycles. The third kappa shape index (κ3) is 7.34. The van der Waals surface area contributed by atoms with Crippen molar-refractivity contribution >= 4 is 0 Å². The van der Waals surface area contributed by atoms with Crippen molar-refractivity contribution in [1.29, 1.82) is 0 Å². The van der Waals surface area contributed by atoms with Crippen molar-refractivity contribution in [3.63, 3.8) is 0 Å². The van der Waals surface area contributed by atoms with Gasteiger partial charge in [-0.3, -0.25) is 0 Å². The third-order valence-corrected chi connectivity index (χ3v) is 3.77. The molecule has 0 atom stereocenters. The summed E-state index contributed by atoms with van der Waals surface area (Å²) in [7, 11) is 0. The van der Waals surface area contributed by atoms with Gasteiger partial charge in [-0.05, 0) is 31.8 Å². The largest absolute Gasteiger partial charge is 0.330 e. The number of piperazine rings is 1. The van der Waals surface area contributed by atoms with E-state index in [9.17, 15) is 0 Å². The molecule has 0 amide bonds. The number of nitrogens with two attached hydrogens (primary N) is 1. The van der Waals surface area contributed by atoms with Gasteiger partial charge in [-0.15, -0.1) is 0 Å². The third-order valence-electron chi connectivity index (χ3n) is 3.77. The smallest absolute Gasteiger partial charge is 0.0110 e. The van der Waals surface area contributed by atoms with Crippen molar-refractivity contribution in [2.75, 3.05) is 45.8 Å². The van der Waals surface area contributed by atoms with Crippen LogP contribution in [0.15, 0.2) is 0 Å². The SMILES string of the molecule is CC(C)CN1CCN(CCCCCCCN)CC1. The minimum atomic E-state index is 0.805. The molecule has 1 aliphatic heterocycles. The second-order valence-corrected chi connectivity index (χ2v) is 6.09. The van der Waals surface area contributed by atoms with E-state index in [2.05, 4.69) is 23.6 Å². The van der Waals surface area contributed by atoms with Crippen molar-refractivity contribution in [3.8, 4) is 0 Å². The van der Waals surface area contributed by atoms with Crippen molar-refractivity contribution in [2.45, 2.75) is 46.0 Å². The molecule has 3 nitrogen and oxygen atoms in total. The van der Waals surface area contributed by atoms with E-state index in [0.29, 0.717) is 0 Å². The van der Waals surface area contributed by atoms with Crippen molar-refractivity contribution in [3.05, 3.63) is 0 Å². The van der Waals surface area contributed by atoms with Crippen LogP contribution in [0.4, 0.5) is 0 Å². The van der Waals surface area contributed by atoms with Crippen LogP contribution < -0.4 is 5.73 Å². The fourth-order valence-corrected chi connectivity index (χ4v) is 2.72. The van der Waals surface area contributed by atoms with Crippen LogP contribution >= 0.6 is 0 Å². The van der Waals surface area contributed by atoms with Gasteiger partial charge in [0.1, 0.15) is 0 Å². The number of nitrogens with zero attached hydrogens (tertiary/aromatic N) is 2. The average Bonchev–Trinajstić information content (AvgIpc) is 2.35. The minimum absolute atomic E-state index is 0.805. The zero-order valence-corrected chi connectivity index (χ0v) is 12.5. The van der Waals surface area contributed by atoms with Gasteiger partial charge in [-0.1, -0.05) is 33.1 Å². The van der Waals surface area contributed by atoms with E-state index in [-0.39, 0.29) is 0 Å². The lowest BCUT2D eigenvalue weighted by Gasteiger charge is -2.35. The predicted molar refractivity (Wildman–Crippen MR) is 79.9 cm³/mol. The first kappa shape index (κ1) is 15.9. The fourth-order valence-electron chi connectivity index (χ4n) is 2.72. The lowest BCUT2D eigenvalue weighted by molar-refractivity contribution is 0.121. The van der Waals surface area contributed by atoms with Gasteiger partial charge in [0.05, 0.1) is 0 Å². The van der Waals surface area contributed by atoms with Crippen LogP contribution in [0.2, 0.25) is 0 Å². The molecule has 18 heavy (non-hydrogen) atoms. The molecule has 1 saturated heterocycles. The maximum absolute atomic E-state index is 5.49. The van der Waals surface area contributed by atoms with Crippen LogP contribution in [-0.4, -0.2) is 55.6 Å². The Labute approximate surface area is 114 Å². The van der Waals surface area contributed by atoms with Gasteiger partial charge in [-0.2, -0.15) is 0 Å². The molecule has 3 heteroatoms. The Morgan fingerprint density at radius 1 is 0.833 bits per heavy atom. The van der Waals surface area contributed by atoms with E-state index < -0.39 is 0 Å². The Bertz CT molecular complexity index is 186. The van der Waals surface area contributed by atoms with Crippen molar-refractivity contribution < 1.29 is 0 Å². The van der Waals surface area contributed by atoms with Gasteiger partial charge >= 0.3 is 0 Å². The second-order valence-electron chi connectivity index (χ2n) is 6.09. The zero-order valence-electron chi connectivity index (χ0n) is 12.5. The second kappa shape index (κ2) is 9.76. The molecule has 1 rings (SSSR count). The van der Waals surface area contributed by atoms with Gasteiger partial charge in [0.2, 0.25) is 0 Å². The molecule has 0 spiro atoms. The van der Waals surface area contributed by atoms with Crippen LogP contribution in [0.25, 0.3) is 0 Å². The Morgan fingerprint density at radius 3 is 2.00 bits per heavy atom. The zero-order chi connectivity index (χ0) is 13.2. The van der Waals surface area contributed by atoms with Crippen LogP contribution in [0, 0.1) is 5.92 Å². The summed E-state index contributed by atoms with van der Waals surface area (Å²) in [6.07, 6.45) is 6.64. The molecular weight excluding hydrogens is 222 g/mol. The molecule has 0 saturated carbocycles. The normalized spacial score (nSPS) is 18.7. The molecule has 108 valence electrons. The van der Waals surface area contributed by atoms with Crippen LogP contribution in [0.3, 0.4) is 0 Å². The Kier molecular flexibility index (Phi) is 8.64.